The molecule has 0 aromatic heterocycles. The van der Waals surface area contributed by atoms with Gasteiger partial charge in [-0.25, -0.2) is 4.79 Å². The summed E-state index contributed by atoms with van der Waals surface area (Å²) >= 11 is 0. The van der Waals surface area contributed by atoms with Crippen molar-refractivity contribution in [2.75, 3.05) is 19.8 Å². The van der Waals surface area contributed by atoms with Gasteiger partial charge in [-0.2, -0.15) is 0 Å². The van der Waals surface area contributed by atoms with Crippen LogP contribution in [0, 0.1) is 5.41 Å². The summed E-state index contributed by atoms with van der Waals surface area (Å²) in [6.45, 7) is 7.62. The zero-order valence-electron chi connectivity index (χ0n) is 12.7. The minimum atomic E-state index is -0.537. The SMILES string of the molecule is CC(C)(C)OC(=O)N1CC2(CCOCC2)CCC1C=O. The monoisotopic (exact) mass is 283 g/mol. The maximum atomic E-state index is 12.3. The second-order valence-electron chi connectivity index (χ2n) is 6.96. The van der Waals surface area contributed by atoms with Gasteiger partial charge in [-0.15, -0.1) is 0 Å². The first kappa shape index (κ1) is 15.3. The van der Waals surface area contributed by atoms with Crippen molar-refractivity contribution >= 4 is 12.4 Å². The van der Waals surface area contributed by atoms with Crippen LogP contribution in [0.15, 0.2) is 0 Å². The van der Waals surface area contributed by atoms with Crippen LogP contribution in [0.2, 0.25) is 0 Å². The van der Waals surface area contributed by atoms with Crippen molar-refractivity contribution in [3.05, 3.63) is 0 Å². The third kappa shape index (κ3) is 3.51. The molecule has 20 heavy (non-hydrogen) atoms. The van der Waals surface area contributed by atoms with Crippen molar-refractivity contribution < 1.29 is 19.1 Å². The van der Waals surface area contributed by atoms with Crippen LogP contribution in [-0.2, 0) is 14.3 Å². The van der Waals surface area contributed by atoms with Crippen LogP contribution in [-0.4, -0.2) is 48.7 Å². The van der Waals surface area contributed by atoms with E-state index in [0.717, 1.165) is 45.2 Å². The number of carbonyl (C=O) groups excluding carboxylic acids is 2. The number of aldehydes is 1. The molecule has 2 aliphatic rings. The van der Waals surface area contributed by atoms with Crippen molar-refractivity contribution in [2.45, 2.75) is 58.1 Å². The molecule has 1 atom stereocenters. The molecule has 1 unspecified atom stereocenters. The lowest BCUT2D eigenvalue weighted by atomic mass is 9.72. The largest absolute Gasteiger partial charge is 0.444 e. The number of piperidine rings is 1. The summed E-state index contributed by atoms with van der Waals surface area (Å²) < 4.78 is 10.9. The van der Waals surface area contributed by atoms with Crippen LogP contribution < -0.4 is 0 Å². The molecule has 1 amide bonds. The molecule has 1 spiro atoms. The van der Waals surface area contributed by atoms with E-state index in [1.807, 2.05) is 20.8 Å². The molecule has 0 aromatic carbocycles. The van der Waals surface area contributed by atoms with Crippen LogP contribution in [0.1, 0.15) is 46.5 Å². The van der Waals surface area contributed by atoms with Gasteiger partial charge >= 0.3 is 6.09 Å². The van der Waals surface area contributed by atoms with Gasteiger partial charge in [0.2, 0.25) is 0 Å². The molecule has 0 N–H and O–H groups in total. The second-order valence-corrected chi connectivity index (χ2v) is 6.96. The predicted molar refractivity (Wildman–Crippen MR) is 74.5 cm³/mol. The Hall–Kier alpha value is -1.10. The van der Waals surface area contributed by atoms with Gasteiger partial charge < -0.3 is 14.3 Å². The fourth-order valence-corrected chi connectivity index (χ4v) is 3.04. The Morgan fingerprint density at radius 1 is 1.30 bits per heavy atom. The van der Waals surface area contributed by atoms with Crippen LogP contribution >= 0.6 is 0 Å². The highest BCUT2D eigenvalue weighted by Gasteiger charge is 2.43. The quantitative estimate of drug-likeness (QED) is 0.693. The number of amides is 1. The van der Waals surface area contributed by atoms with Crippen LogP contribution in [0.4, 0.5) is 4.79 Å². The van der Waals surface area contributed by atoms with E-state index >= 15 is 0 Å². The van der Waals surface area contributed by atoms with Crippen molar-refractivity contribution in [3.8, 4) is 0 Å². The number of hydrogen-bond acceptors (Lipinski definition) is 4. The third-order valence-corrected chi connectivity index (χ3v) is 4.22. The van der Waals surface area contributed by atoms with E-state index in [9.17, 15) is 9.59 Å². The molecule has 2 heterocycles. The van der Waals surface area contributed by atoms with Gasteiger partial charge in [0.25, 0.3) is 0 Å². The lowest BCUT2D eigenvalue weighted by Gasteiger charge is -2.47. The van der Waals surface area contributed by atoms with Gasteiger partial charge in [0.15, 0.2) is 0 Å². The molecule has 5 nitrogen and oxygen atoms in total. The lowest BCUT2D eigenvalue weighted by molar-refractivity contribution is -0.117. The molecule has 0 radical (unpaired) electrons. The summed E-state index contributed by atoms with van der Waals surface area (Å²) in [6.07, 6.45) is 4.12. The Morgan fingerprint density at radius 3 is 2.50 bits per heavy atom. The first-order valence-electron chi connectivity index (χ1n) is 7.38. The van der Waals surface area contributed by atoms with Gasteiger partial charge in [-0.1, -0.05) is 0 Å². The van der Waals surface area contributed by atoms with E-state index in [1.54, 1.807) is 4.90 Å². The number of rotatable bonds is 1. The van der Waals surface area contributed by atoms with Crippen LogP contribution in [0.25, 0.3) is 0 Å². The average Bonchev–Trinajstić information content (AvgIpc) is 2.38. The number of carbonyl (C=O) groups is 2. The summed E-state index contributed by atoms with van der Waals surface area (Å²) in [5.41, 5.74) is -0.431. The van der Waals surface area contributed by atoms with Crippen LogP contribution in [0.5, 0.6) is 0 Å². The Labute approximate surface area is 120 Å². The molecule has 5 heteroatoms. The van der Waals surface area contributed by atoms with Crippen molar-refractivity contribution in [1.29, 1.82) is 0 Å². The molecule has 2 saturated heterocycles. The maximum Gasteiger partial charge on any atom is 0.410 e. The smallest absolute Gasteiger partial charge is 0.410 e. The van der Waals surface area contributed by atoms with Gasteiger partial charge in [0.05, 0.1) is 6.04 Å². The van der Waals surface area contributed by atoms with Gasteiger partial charge in [0.1, 0.15) is 11.9 Å². The molecule has 0 bridgehead atoms. The highest BCUT2D eigenvalue weighted by Crippen LogP contribution is 2.41. The fraction of sp³-hybridized carbons (Fsp3) is 0.867. The molecule has 2 fully saturated rings. The molecule has 0 saturated carbocycles. The summed E-state index contributed by atoms with van der Waals surface area (Å²) in [6, 6.07) is -0.349. The fourth-order valence-electron chi connectivity index (χ4n) is 3.04. The molecule has 114 valence electrons. The van der Waals surface area contributed by atoms with Gasteiger partial charge in [-0.05, 0) is 51.9 Å². The minimum Gasteiger partial charge on any atom is -0.444 e. The number of likely N-dealkylation sites (tertiary alicyclic amines) is 1. The summed E-state index contributed by atoms with van der Waals surface area (Å²) in [4.78, 5) is 25.2. The maximum absolute atomic E-state index is 12.3. The minimum absolute atomic E-state index is 0.106. The Kier molecular flexibility index (Phi) is 4.37. The zero-order valence-corrected chi connectivity index (χ0v) is 12.7. The van der Waals surface area contributed by atoms with E-state index in [2.05, 4.69) is 0 Å². The topological polar surface area (TPSA) is 55.8 Å². The summed E-state index contributed by atoms with van der Waals surface area (Å²) in [7, 11) is 0. The van der Waals surface area contributed by atoms with E-state index in [-0.39, 0.29) is 17.6 Å². The van der Waals surface area contributed by atoms with Gasteiger partial charge in [0, 0.05) is 19.8 Å². The Balaban J connectivity index is 2.09. The Bertz CT molecular complexity index is 369. The predicted octanol–water partition coefficient (Wildman–Crippen LogP) is 2.38. The number of ether oxygens (including phenoxy) is 2. The van der Waals surface area contributed by atoms with E-state index < -0.39 is 5.60 Å². The van der Waals surface area contributed by atoms with E-state index in [0.29, 0.717) is 6.54 Å². The molecule has 0 aromatic rings. The summed E-state index contributed by atoms with van der Waals surface area (Å²) in [5.74, 6) is 0. The first-order chi connectivity index (χ1) is 9.35. The van der Waals surface area contributed by atoms with Crippen molar-refractivity contribution in [2.24, 2.45) is 5.41 Å². The summed E-state index contributed by atoms with van der Waals surface area (Å²) in [5, 5.41) is 0. The second kappa shape index (κ2) is 5.72. The lowest BCUT2D eigenvalue weighted by Crippen LogP contribution is -2.54. The highest BCUT2D eigenvalue weighted by atomic mass is 16.6. The Morgan fingerprint density at radius 2 is 1.95 bits per heavy atom. The standard InChI is InChI=1S/C15H25NO4/c1-14(2,3)20-13(18)16-11-15(5-4-12(16)10-17)6-8-19-9-7-15/h10,12H,4-9,11H2,1-3H3. The third-order valence-electron chi connectivity index (χ3n) is 4.22. The van der Waals surface area contributed by atoms with E-state index in [4.69, 9.17) is 9.47 Å². The number of nitrogens with zero attached hydrogens (tertiary/aromatic N) is 1. The molecular weight excluding hydrogens is 258 g/mol. The highest BCUT2D eigenvalue weighted by molar-refractivity contribution is 5.74. The van der Waals surface area contributed by atoms with Crippen molar-refractivity contribution in [3.63, 3.8) is 0 Å². The molecule has 2 rings (SSSR count). The van der Waals surface area contributed by atoms with Crippen molar-refractivity contribution in [1.82, 2.24) is 4.90 Å². The van der Waals surface area contributed by atoms with Gasteiger partial charge in [-0.3, -0.25) is 4.90 Å². The molecular formula is C15H25NO4. The molecule has 2 aliphatic heterocycles. The normalized spacial score (nSPS) is 26.4. The average molecular weight is 283 g/mol. The van der Waals surface area contributed by atoms with E-state index in [1.165, 1.54) is 0 Å². The van der Waals surface area contributed by atoms with Crippen LogP contribution in [0.3, 0.4) is 0 Å². The molecule has 0 aliphatic carbocycles. The zero-order chi connectivity index (χ0) is 14.8. The number of hydrogen-bond donors (Lipinski definition) is 0. The first-order valence-corrected chi connectivity index (χ1v) is 7.38.